The number of halogens is 2. The summed E-state index contributed by atoms with van der Waals surface area (Å²) in [5, 5.41) is 0. The average Bonchev–Trinajstić information content (AvgIpc) is 2.80. The maximum atomic E-state index is 12.9. The number of anilines is 1. The van der Waals surface area contributed by atoms with E-state index in [2.05, 4.69) is 4.90 Å². The molecule has 0 aromatic heterocycles. The van der Waals surface area contributed by atoms with Crippen LogP contribution in [0, 0.1) is 5.82 Å². The Kier molecular flexibility index (Phi) is 4.28. The van der Waals surface area contributed by atoms with Gasteiger partial charge in [0, 0.05) is 18.5 Å². The molecule has 2 nitrogen and oxygen atoms in total. The molecular formula is C14H20BrFN2. The monoisotopic (exact) mass is 314 g/mol. The zero-order chi connectivity index (χ0) is 11.7. The Morgan fingerprint density at radius 3 is 2.00 bits per heavy atom. The van der Waals surface area contributed by atoms with Crippen molar-refractivity contribution in [3.63, 3.8) is 0 Å². The van der Waals surface area contributed by atoms with Crippen LogP contribution in [0.3, 0.4) is 0 Å². The molecule has 0 atom stereocenters. The third kappa shape index (κ3) is 2.69. The summed E-state index contributed by atoms with van der Waals surface area (Å²) >= 11 is 0. The number of quaternary nitrogens is 1. The molecule has 2 aliphatic rings. The molecule has 0 radical (unpaired) electrons. The Labute approximate surface area is 119 Å². The highest BCUT2D eigenvalue weighted by atomic mass is 79.9. The van der Waals surface area contributed by atoms with Crippen LogP contribution in [0.4, 0.5) is 10.1 Å². The number of piperazine rings is 1. The van der Waals surface area contributed by atoms with Crippen LogP contribution in [0.1, 0.15) is 12.8 Å². The Hall–Kier alpha value is -0.610. The third-order valence-electron chi connectivity index (χ3n) is 4.40. The van der Waals surface area contributed by atoms with Gasteiger partial charge in [-0.1, -0.05) is 0 Å². The molecule has 0 aliphatic carbocycles. The second kappa shape index (κ2) is 5.57. The molecule has 1 aromatic rings. The molecule has 18 heavy (non-hydrogen) atoms. The van der Waals surface area contributed by atoms with Gasteiger partial charge in [-0.05, 0) is 24.3 Å². The van der Waals surface area contributed by atoms with E-state index < -0.39 is 0 Å². The fraction of sp³-hybridized carbons (Fsp3) is 0.571. The maximum Gasteiger partial charge on any atom is 0.123 e. The minimum atomic E-state index is -0.145. The summed E-state index contributed by atoms with van der Waals surface area (Å²) in [6.45, 7) is 7.50. The highest BCUT2D eigenvalue weighted by Gasteiger charge is 2.35. The molecule has 0 N–H and O–H groups in total. The van der Waals surface area contributed by atoms with Gasteiger partial charge < -0.3 is 26.4 Å². The molecule has 4 heteroatoms. The van der Waals surface area contributed by atoms with E-state index in [9.17, 15) is 4.39 Å². The van der Waals surface area contributed by atoms with Crippen molar-refractivity contribution >= 4 is 5.69 Å². The standard InChI is InChI=1S/C14H20FN2.BrH/c15-13-3-5-14(6-4-13)16-7-11-17(12-8-16)9-1-2-10-17;/h3-6H,1-2,7-12H2;1H/q+1;/p-1. The molecule has 100 valence electrons. The number of nitrogens with zero attached hydrogens (tertiary/aromatic N) is 2. The summed E-state index contributed by atoms with van der Waals surface area (Å²) in [5.74, 6) is -0.145. The van der Waals surface area contributed by atoms with Crippen LogP contribution in [0.5, 0.6) is 0 Å². The van der Waals surface area contributed by atoms with Gasteiger partial charge in [-0.25, -0.2) is 4.39 Å². The summed E-state index contributed by atoms with van der Waals surface area (Å²) in [7, 11) is 0. The second-order valence-electron chi connectivity index (χ2n) is 5.41. The highest BCUT2D eigenvalue weighted by molar-refractivity contribution is 5.46. The Morgan fingerprint density at radius 1 is 0.889 bits per heavy atom. The molecular weight excluding hydrogens is 295 g/mol. The number of rotatable bonds is 1. The van der Waals surface area contributed by atoms with E-state index in [-0.39, 0.29) is 22.8 Å². The van der Waals surface area contributed by atoms with Gasteiger partial charge in [0.25, 0.3) is 0 Å². The summed E-state index contributed by atoms with van der Waals surface area (Å²) in [5.41, 5.74) is 1.17. The van der Waals surface area contributed by atoms with Gasteiger partial charge in [0.2, 0.25) is 0 Å². The zero-order valence-electron chi connectivity index (χ0n) is 10.6. The van der Waals surface area contributed by atoms with Crippen LogP contribution in [-0.2, 0) is 0 Å². The molecule has 2 heterocycles. The first-order chi connectivity index (χ1) is 8.27. The van der Waals surface area contributed by atoms with Gasteiger partial charge in [0.1, 0.15) is 5.82 Å². The lowest BCUT2D eigenvalue weighted by molar-refractivity contribution is -0.917. The van der Waals surface area contributed by atoms with Crippen molar-refractivity contribution in [2.24, 2.45) is 0 Å². The third-order valence-corrected chi connectivity index (χ3v) is 4.40. The van der Waals surface area contributed by atoms with E-state index in [4.69, 9.17) is 0 Å². The van der Waals surface area contributed by atoms with Crippen LogP contribution in [-0.4, -0.2) is 43.8 Å². The molecule has 1 aromatic carbocycles. The molecule has 3 rings (SSSR count). The van der Waals surface area contributed by atoms with E-state index in [0.717, 1.165) is 13.1 Å². The Bertz CT molecular complexity index is 377. The van der Waals surface area contributed by atoms with Crippen LogP contribution >= 0.6 is 0 Å². The van der Waals surface area contributed by atoms with Gasteiger partial charge in [-0.15, -0.1) is 0 Å². The van der Waals surface area contributed by atoms with E-state index >= 15 is 0 Å². The molecule has 1 spiro atoms. The first kappa shape index (κ1) is 13.8. The topological polar surface area (TPSA) is 3.24 Å². The summed E-state index contributed by atoms with van der Waals surface area (Å²) < 4.78 is 14.2. The molecule has 0 unspecified atom stereocenters. The zero-order valence-corrected chi connectivity index (χ0v) is 12.2. The van der Waals surface area contributed by atoms with Gasteiger partial charge >= 0.3 is 0 Å². The fourth-order valence-corrected chi connectivity index (χ4v) is 3.25. The quantitative estimate of drug-likeness (QED) is 0.617. The van der Waals surface area contributed by atoms with Crippen molar-refractivity contribution in [1.29, 1.82) is 0 Å². The van der Waals surface area contributed by atoms with Crippen LogP contribution in [0.25, 0.3) is 0 Å². The Morgan fingerprint density at radius 2 is 1.44 bits per heavy atom. The number of hydrogen-bond acceptors (Lipinski definition) is 1. The van der Waals surface area contributed by atoms with Gasteiger partial charge in [-0.3, -0.25) is 0 Å². The minimum Gasteiger partial charge on any atom is -1.00 e. The number of benzene rings is 1. The van der Waals surface area contributed by atoms with Crippen molar-refractivity contribution in [3.05, 3.63) is 30.1 Å². The van der Waals surface area contributed by atoms with Crippen LogP contribution in [0.15, 0.2) is 24.3 Å². The number of hydrogen-bond donors (Lipinski definition) is 0. The smallest absolute Gasteiger partial charge is 0.123 e. The molecule has 0 saturated carbocycles. The van der Waals surface area contributed by atoms with Crippen molar-refractivity contribution in [2.45, 2.75) is 12.8 Å². The molecule has 2 saturated heterocycles. The molecule has 2 fully saturated rings. The second-order valence-corrected chi connectivity index (χ2v) is 5.41. The lowest BCUT2D eigenvalue weighted by Crippen LogP contribution is -3.00. The lowest BCUT2D eigenvalue weighted by atomic mass is 10.2. The summed E-state index contributed by atoms with van der Waals surface area (Å²) in [6, 6.07) is 6.91. The van der Waals surface area contributed by atoms with Crippen molar-refractivity contribution in [2.75, 3.05) is 44.2 Å². The first-order valence-electron chi connectivity index (χ1n) is 6.63. The van der Waals surface area contributed by atoms with Crippen molar-refractivity contribution in [1.82, 2.24) is 0 Å². The fourth-order valence-electron chi connectivity index (χ4n) is 3.25. The average molecular weight is 315 g/mol. The summed E-state index contributed by atoms with van der Waals surface area (Å²) in [6.07, 6.45) is 2.80. The molecule has 0 amide bonds. The van der Waals surface area contributed by atoms with Gasteiger partial charge in [0.05, 0.1) is 39.3 Å². The molecule has 0 bridgehead atoms. The van der Waals surface area contributed by atoms with Crippen LogP contribution < -0.4 is 21.9 Å². The Balaban J connectivity index is 0.00000120. The van der Waals surface area contributed by atoms with Crippen molar-refractivity contribution < 1.29 is 25.9 Å². The minimum absolute atomic E-state index is 0. The largest absolute Gasteiger partial charge is 1.00 e. The van der Waals surface area contributed by atoms with E-state index in [1.54, 1.807) is 12.1 Å². The molecule has 2 aliphatic heterocycles. The van der Waals surface area contributed by atoms with E-state index in [1.165, 1.54) is 49.2 Å². The SMILES string of the molecule is Fc1ccc(N2CC[N+]3(CCCC3)CC2)cc1.[Br-]. The predicted octanol–water partition coefficient (Wildman–Crippen LogP) is -0.740. The van der Waals surface area contributed by atoms with Gasteiger partial charge in [-0.2, -0.15) is 0 Å². The predicted molar refractivity (Wildman–Crippen MR) is 67.6 cm³/mol. The van der Waals surface area contributed by atoms with E-state index in [0.29, 0.717) is 0 Å². The van der Waals surface area contributed by atoms with Crippen molar-refractivity contribution in [3.8, 4) is 0 Å². The van der Waals surface area contributed by atoms with E-state index in [1.807, 2.05) is 12.1 Å². The summed E-state index contributed by atoms with van der Waals surface area (Å²) in [4.78, 5) is 2.39. The normalized spacial score (nSPS) is 21.9. The van der Waals surface area contributed by atoms with Crippen LogP contribution in [0.2, 0.25) is 0 Å². The first-order valence-corrected chi connectivity index (χ1v) is 6.63. The highest BCUT2D eigenvalue weighted by Crippen LogP contribution is 2.25. The maximum absolute atomic E-state index is 12.9. The lowest BCUT2D eigenvalue weighted by Gasteiger charge is -2.42. The van der Waals surface area contributed by atoms with Gasteiger partial charge in [0.15, 0.2) is 0 Å².